The van der Waals surface area contributed by atoms with Crippen LogP contribution in [-0.2, 0) is 25.3 Å². The zero-order valence-corrected chi connectivity index (χ0v) is 25.7. The molecule has 0 spiro atoms. The fourth-order valence-corrected chi connectivity index (χ4v) is 7.21. The summed E-state index contributed by atoms with van der Waals surface area (Å²) in [7, 11) is -3.57. The molecule has 2 aromatic carbocycles. The summed E-state index contributed by atoms with van der Waals surface area (Å²) in [6.07, 6.45) is 1.67. The number of nitrogens with zero attached hydrogens (tertiary/aromatic N) is 4. The van der Waals surface area contributed by atoms with E-state index in [0.717, 1.165) is 16.8 Å². The molecule has 1 saturated heterocycles. The molecule has 2 atom stereocenters. The maximum atomic E-state index is 14.0. The second-order valence-corrected chi connectivity index (χ2v) is 13.7. The first-order valence-corrected chi connectivity index (χ1v) is 16.2. The number of halogens is 2. The summed E-state index contributed by atoms with van der Waals surface area (Å²) in [5.41, 5.74) is 0.0366. The van der Waals surface area contributed by atoms with Gasteiger partial charge in [-0.05, 0) is 23.1 Å². The average molecular weight is 631 g/mol. The lowest BCUT2D eigenvalue weighted by atomic mass is 10.1. The molecule has 1 saturated carbocycles. The minimum absolute atomic E-state index is 0.0207. The second-order valence-electron chi connectivity index (χ2n) is 11.7. The van der Waals surface area contributed by atoms with Crippen LogP contribution in [-0.4, -0.2) is 67.9 Å². The standard InChI is InChI=1S/C31H36F2N4O6S/c1-4-28(38)42-18-25-26(31(25,2)3)19-43-29-27(17-34-37(30(29)39)24-15-22(32)14-23(33)16-24)35-10-12-36(13-11-35)44(40,41)20-21-8-6-5-7-9-21/h5-9,14-17,25-26H,4,10-13,18-20H2,1-3H3/t25-,26-/m1/s1. The Morgan fingerprint density at radius 3 is 2.27 bits per heavy atom. The largest absolute Gasteiger partial charge is 0.486 e. The zero-order valence-electron chi connectivity index (χ0n) is 24.9. The fourth-order valence-electron chi connectivity index (χ4n) is 5.70. The lowest BCUT2D eigenvalue weighted by Gasteiger charge is -2.35. The molecular weight excluding hydrogens is 594 g/mol. The first-order chi connectivity index (χ1) is 20.9. The highest BCUT2D eigenvalue weighted by Gasteiger charge is 2.58. The summed E-state index contributed by atoms with van der Waals surface area (Å²) in [5.74, 6) is -2.19. The van der Waals surface area contributed by atoms with Crippen LogP contribution >= 0.6 is 0 Å². The number of sulfonamides is 1. The number of ether oxygens (including phenoxy) is 2. The molecule has 1 aromatic heterocycles. The van der Waals surface area contributed by atoms with E-state index in [1.807, 2.05) is 24.8 Å². The smallest absolute Gasteiger partial charge is 0.316 e. The Balaban J connectivity index is 1.38. The van der Waals surface area contributed by atoms with Crippen LogP contribution in [0, 0.1) is 28.9 Å². The Morgan fingerprint density at radius 1 is 1.00 bits per heavy atom. The van der Waals surface area contributed by atoms with Crippen molar-refractivity contribution in [1.82, 2.24) is 14.1 Å². The van der Waals surface area contributed by atoms with Gasteiger partial charge in [0, 0.05) is 50.5 Å². The van der Waals surface area contributed by atoms with E-state index < -0.39 is 27.2 Å². The fraction of sp³-hybridized carbons (Fsp3) is 0.452. The van der Waals surface area contributed by atoms with Crippen molar-refractivity contribution in [2.45, 2.75) is 32.9 Å². The Labute approximate surface area is 255 Å². The molecule has 0 bridgehead atoms. The highest BCUT2D eigenvalue weighted by molar-refractivity contribution is 7.88. The average Bonchev–Trinajstić information content (AvgIpc) is 3.52. The third kappa shape index (κ3) is 6.78. The van der Waals surface area contributed by atoms with Crippen LogP contribution < -0.4 is 15.2 Å². The van der Waals surface area contributed by atoms with Gasteiger partial charge in [-0.1, -0.05) is 51.1 Å². The van der Waals surface area contributed by atoms with Gasteiger partial charge >= 0.3 is 11.5 Å². The molecule has 236 valence electrons. The molecule has 0 N–H and O–H groups in total. The highest BCUT2D eigenvalue weighted by Crippen LogP contribution is 2.58. The van der Waals surface area contributed by atoms with Gasteiger partial charge in [-0.3, -0.25) is 9.59 Å². The molecule has 5 rings (SSSR count). The van der Waals surface area contributed by atoms with Crippen molar-refractivity contribution in [3.8, 4) is 11.4 Å². The summed E-state index contributed by atoms with van der Waals surface area (Å²) < 4.78 is 68.0. The summed E-state index contributed by atoms with van der Waals surface area (Å²) >= 11 is 0. The number of benzene rings is 2. The van der Waals surface area contributed by atoms with E-state index in [-0.39, 0.29) is 86.2 Å². The first-order valence-electron chi connectivity index (χ1n) is 14.5. The van der Waals surface area contributed by atoms with Crippen LogP contribution in [0.2, 0.25) is 0 Å². The number of anilines is 1. The Kier molecular flexibility index (Phi) is 9.07. The van der Waals surface area contributed by atoms with Crippen LogP contribution in [0.4, 0.5) is 14.5 Å². The molecule has 2 aliphatic rings. The molecule has 44 heavy (non-hydrogen) atoms. The van der Waals surface area contributed by atoms with Gasteiger partial charge in [-0.15, -0.1) is 0 Å². The van der Waals surface area contributed by atoms with E-state index in [2.05, 4.69) is 5.10 Å². The molecule has 1 aliphatic carbocycles. The lowest BCUT2D eigenvalue weighted by molar-refractivity contribution is -0.144. The van der Waals surface area contributed by atoms with Crippen LogP contribution in [0.5, 0.6) is 5.75 Å². The van der Waals surface area contributed by atoms with Crippen molar-refractivity contribution in [3.05, 3.63) is 82.3 Å². The number of aromatic nitrogens is 2. The van der Waals surface area contributed by atoms with Gasteiger partial charge in [0.2, 0.25) is 15.8 Å². The van der Waals surface area contributed by atoms with Gasteiger partial charge in [0.25, 0.3) is 0 Å². The van der Waals surface area contributed by atoms with Crippen molar-refractivity contribution in [2.24, 2.45) is 17.3 Å². The molecule has 13 heteroatoms. The number of carbonyl (C=O) groups is 1. The third-order valence-electron chi connectivity index (χ3n) is 8.58. The summed E-state index contributed by atoms with van der Waals surface area (Å²) in [6, 6.07) is 11.6. The number of esters is 1. The van der Waals surface area contributed by atoms with Gasteiger partial charge in [-0.25, -0.2) is 17.2 Å². The molecule has 2 fully saturated rings. The predicted molar refractivity (Wildman–Crippen MR) is 160 cm³/mol. The van der Waals surface area contributed by atoms with Crippen molar-refractivity contribution in [3.63, 3.8) is 0 Å². The van der Waals surface area contributed by atoms with E-state index >= 15 is 0 Å². The van der Waals surface area contributed by atoms with E-state index in [1.165, 1.54) is 10.5 Å². The van der Waals surface area contributed by atoms with E-state index in [4.69, 9.17) is 9.47 Å². The maximum absolute atomic E-state index is 14.0. The van der Waals surface area contributed by atoms with E-state index in [0.29, 0.717) is 17.3 Å². The second kappa shape index (κ2) is 12.6. The monoisotopic (exact) mass is 630 g/mol. The minimum Gasteiger partial charge on any atom is -0.486 e. The van der Waals surface area contributed by atoms with Crippen molar-refractivity contribution >= 4 is 21.7 Å². The topological polar surface area (TPSA) is 111 Å². The SMILES string of the molecule is CCC(=O)OC[C@@H]1[C@@H](COc2c(N3CCN(S(=O)(=O)Cc4ccccc4)CC3)cnn(-c3cc(F)cc(F)c3)c2=O)C1(C)C. The van der Waals surface area contributed by atoms with E-state index in [1.54, 1.807) is 31.2 Å². The molecule has 0 unspecified atom stereocenters. The summed E-state index contributed by atoms with van der Waals surface area (Å²) in [4.78, 5) is 27.3. The molecule has 2 heterocycles. The van der Waals surface area contributed by atoms with Crippen LogP contribution in [0.25, 0.3) is 5.69 Å². The van der Waals surface area contributed by atoms with E-state index in [9.17, 15) is 26.8 Å². The zero-order chi connectivity index (χ0) is 31.6. The first kappa shape index (κ1) is 31.6. The molecule has 3 aromatic rings. The number of carbonyl (C=O) groups excluding carboxylic acids is 1. The third-order valence-corrected chi connectivity index (χ3v) is 10.4. The van der Waals surface area contributed by atoms with Crippen LogP contribution in [0.15, 0.2) is 59.5 Å². The van der Waals surface area contributed by atoms with Crippen LogP contribution in [0.1, 0.15) is 32.8 Å². The Hall–Kier alpha value is -3.84. The highest BCUT2D eigenvalue weighted by atomic mass is 32.2. The summed E-state index contributed by atoms with van der Waals surface area (Å²) in [6.45, 7) is 7.08. The number of hydrogen-bond acceptors (Lipinski definition) is 8. The van der Waals surface area contributed by atoms with Crippen molar-refractivity contribution < 1.29 is 31.5 Å². The molecule has 0 amide bonds. The molecule has 1 aliphatic heterocycles. The number of rotatable bonds is 11. The van der Waals surface area contributed by atoms with Gasteiger partial charge < -0.3 is 14.4 Å². The normalized spacial score (nSPS) is 19.9. The van der Waals surface area contributed by atoms with Crippen molar-refractivity contribution in [2.75, 3.05) is 44.3 Å². The van der Waals surface area contributed by atoms with Crippen molar-refractivity contribution in [1.29, 1.82) is 0 Å². The number of hydrogen-bond donors (Lipinski definition) is 0. The van der Waals surface area contributed by atoms with Gasteiger partial charge in [0.15, 0.2) is 0 Å². The number of piperazine rings is 1. The molecular formula is C31H36F2N4O6S. The summed E-state index contributed by atoms with van der Waals surface area (Å²) in [5, 5.41) is 4.19. The van der Waals surface area contributed by atoms with Crippen LogP contribution in [0.3, 0.4) is 0 Å². The van der Waals surface area contributed by atoms with Gasteiger partial charge in [0.1, 0.15) is 17.3 Å². The predicted octanol–water partition coefficient (Wildman–Crippen LogP) is 3.77. The van der Waals surface area contributed by atoms with Gasteiger partial charge in [-0.2, -0.15) is 14.1 Å². The Morgan fingerprint density at radius 2 is 1.64 bits per heavy atom. The Bertz CT molecular complexity index is 1650. The molecule has 0 radical (unpaired) electrons. The maximum Gasteiger partial charge on any atom is 0.316 e. The molecule has 10 nitrogen and oxygen atoms in total. The minimum atomic E-state index is -3.57. The quantitative estimate of drug-likeness (QED) is 0.295. The lowest BCUT2D eigenvalue weighted by Crippen LogP contribution is -2.49. The van der Waals surface area contributed by atoms with Gasteiger partial charge in [0.05, 0.1) is 30.9 Å².